The number of nitrogens with zero attached hydrogens (tertiary/aromatic N) is 1. The van der Waals surface area contributed by atoms with Gasteiger partial charge in [-0.3, -0.25) is 4.98 Å². The molecule has 0 bridgehead atoms. The number of pyridine rings is 1. The number of aromatic hydroxyl groups is 1. The van der Waals surface area contributed by atoms with E-state index in [1.54, 1.807) is 12.3 Å². The highest BCUT2D eigenvalue weighted by atomic mass is 16.3. The topological polar surface area (TPSA) is 59.1 Å². The number of phenols is 1. The van der Waals surface area contributed by atoms with E-state index in [0.29, 0.717) is 5.69 Å². The van der Waals surface area contributed by atoms with Crippen molar-refractivity contribution in [3.63, 3.8) is 0 Å². The number of anilines is 1. The van der Waals surface area contributed by atoms with Gasteiger partial charge in [0.05, 0.1) is 0 Å². The van der Waals surface area contributed by atoms with Crippen molar-refractivity contribution in [3.05, 3.63) is 53.3 Å². The minimum Gasteiger partial charge on any atom is -0.508 e. The highest BCUT2D eigenvalue weighted by Gasteiger charge is 2.15. The second kappa shape index (κ2) is 4.45. The maximum Gasteiger partial charge on any atom is 0.120 e. The molecule has 0 aliphatic carbocycles. The zero-order chi connectivity index (χ0) is 12.4. The van der Waals surface area contributed by atoms with Gasteiger partial charge in [0.25, 0.3) is 0 Å². The van der Waals surface area contributed by atoms with Crippen LogP contribution in [0.1, 0.15) is 29.7 Å². The molecule has 1 aromatic carbocycles. The average Bonchev–Trinajstić information content (AvgIpc) is 2.36. The number of aromatic nitrogens is 1. The lowest BCUT2D eigenvalue weighted by Crippen LogP contribution is -2.04. The summed E-state index contributed by atoms with van der Waals surface area (Å²) in [5, 5.41) is 9.58. The normalized spacial score (nSPS) is 12.4. The Bertz CT molecular complexity index is 523. The summed E-state index contributed by atoms with van der Waals surface area (Å²) in [5.41, 5.74) is 9.38. The first-order valence-electron chi connectivity index (χ1n) is 5.60. The van der Waals surface area contributed by atoms with Gasteiger partial charge < -0.3 is 10.8 Å². The standard InChI is InChI=1S/C14H16N2O/c1-9(12-5-3-4-8-16-12)11-6-7-13(17)10(2)14(11)15/h3-9,17H,15H2,1-2H3. The van der Waals surface area contributed by atoms with E-state index in [0.717, 1.165) is 16.8 Å². The Balaban J connectivity index is 2.45. The molecule has 0 saturated carbocycles. The Labute approximate surface area is 101 Å². The van der Waals surface area contributed by atoms with E-state index >= 15 is 0 Å². The van der Waals surface area contributed by atoms with Gasteiger partial charge in [0, 0.05) is 29.1 Å². The maximum absolute atomic E-state index is 9.58. The van der Waals surface area contributed by atoms with Crippen molar-refractivity contribution >= 4 is 5.69 Å². The predicted octanol–water partition coefficient (Wildman–Crippen LogP) is 2.83. The zero-order valence-electron chi connectivity index (χ0n) is 10.0. The van der Waals surface area contributed by atoms with E-state index in [9.17, 15) is 5.11 Å². The van der Waals surface area contributed by atoms with Crippen LogP contribution in [0.15, 0.2) is 36.5 Å². The fourth-order valence-electron chi connectivity index (χ4n) is 1.91. The molecule has 0 aliphatic heterocycles. The quantitative estimate of drug-likeness (QED) is 0.777. The zero-order valence-corrected chi connectivity index (χ0v) is 10.0. The molecule has 3 nitrogen and oxygen atoms in total. The highest BCUT2D eigenvalue weighted by Crippen LogP contribution is 2.33. The average molecular weight is 228 g/mol. The predicted molar refractivity (Wildman–Crippen MR) is 69.0 cm³/mol. The molecule has 17 heavy (non-hydrogen) atoms. The molecule has 3 N–H and O–H groups in total. The molecule has 3 heteroatoms. The molecule has 88 valence electrons. The number of phenolic OH excluding ortho intramolecular Hbond substituents is 1. The third kappa shape index (κ3) is 2.09. The third-order valence-electron chi connectivity index (χ3n) is 3.12. The Morgan fingerprint density at radius 1 is 1.24 bits per heavy atom. The van der Waals surface area contributed by atoms with Gasteiger partial charge in [-0.25, -0.2) is 0 Å². The highest BCUT2D eigenvalue weighted by molar-refractivity contribution is 5.60. The van der Waals surface area contributed by atoms with Gasteiger partial charge in [-0.2, -0.15) is 0 Å². The summed E-state index contributed by atoms with van der Waals surface area (Å²) >= 11 is 0. The van der Waals surface area contributed by atoms with Gasteiger partial charge in [0.2, 0.25) is 0 Å². The van der Waals surface area contributed by atoms with Crippen molar-refractivity contribution in [2.75, 3.05) is 5.73 Å². The third-order valence-corrected chi connectivity index (χ3v) is 3.12. The molecule has 0 saturated heterocycles. The summed E-state index contributed by atoms with van der Waals surface area (Å²) in [7, 11) is 0. The van der Waals surface area contributed by atoms with Crippen LogP contribution >= 0.6 is 0 Å². The molecule has 1 aromatic heterocycles. The van der Waals surface area contributed by atoms with Crippen LogP contribution in [0.25, 0.3) is 0 Å². The summed E-state index contributed by atoms with van der Waals surface area (Å²) in [6.45, 7) is 3.88. The van der Waals surface area contributed by atoms with Crippen molar-refractivity contribution in [2.24, 2.45) is 0 Å². The van der Waals surface area contributed by atoms with Crippen LogP contribution in [-0.4, -0.2) is 10.1 Å². The summed E-state index contributed by atoms with van der Waals surface area (Å²) in [6, 6.07) is 9.37. The molecule has 0 radical (unpaired) electrons. The fraction of sp³-hybridized carbons (Fsp3) is 0.214. The minimum atomic E-state index is 0.121. The van der Waals surface area contributed by atoms with Gasteiger partial charge in [-0.1, -0.05) is 19.1 Å². The first-order valence-corrected chi connectivity index (χ1v) is 5.60. The molecule has 1 heterocycles. The summed E-state index contributed by atoms with van der Waals surface area (Å²) in [5.74, 6) is 0.356. The Morgan fingerprint density at radius 2 is 2.00 bits per heavy atom. The first kappa shape index (κ1) is 11.5. The molecule has 1 atom stereocenters. The molecule has 0 aliphatic rings. The number of hydrogen-bond acceptors (Lipinski definition) is 3. The second-order valence-corrected chi connectivity index (χ2v) is 4.19. The van der Waals surface area contributed by atoms with Crippen molar-refractivity contribution < 1.29 is 5.11 Å². The SMILES string of the molecule is Cc1c(O)ccc(C(C)c2ccccn2)c1N. The molecule has 0 amide bonds. The van der Waals surface area contributed by atoms with Crippen LogP contribution in [-0.2, 0) is 0 Å². The molecular weight excluding hydrogens is 212 g/mol. The number of nitrogen functional groups attached to an aromatic ring is 1. The molecule has 1 unspecified atom stereocenters. The van der Waals surface area contributed by atoms with Crippen molar-refractivity contribution in [1.29, 1.82) is 0 Å². The Morgan fingerprint density at radius 3 is 2.65 bits per heavy atom. The van der Waals surface area contributed by atoms with Gasteiger partial charge in [0.15, 0.2) is 0 Å². The molecule has 2 rings (SSSR count). The van der Waals surface area contributed by atoms with Crippen molar-refractivity contribution in [3.8, 4) is 5.75 Å². The minimum absolute atomic E-state index is 0.121. The number of nitrogens with two attached hydrogens (primary N) is 1. The van der Waals surface area contributed by atoms with Crippen LogP contribution < -0.4 is 5.73 Å². The van der Waals surface area contributed by atoms with Gasteiger partial charge in [-0.05, 0) is 30.7 Å². The van der Waals surface area contributed by atoms with Crippen LogP contribution in [0, 0.1) is 6.92 Å². The van der Waals surface area contributed by atoms with Crippen molar-refractivity contribution in [1.82, 2.24) is 4.98 Å². The summed E-state index contributed by atoms with van der Waals surface area (Å²) in [4.78, 5) is 4.33. The lowest BCUT2D eigenvalue weighted by molar-refractivity contribution is 0.471. The van der Waals surface area contributed by atoms with Crippen LogP contribution in [0.4, 0.5) is 5.69 Å². The van der Waals surface area contributed by atoms with Gasteiger partial charge >= 0.3 is 0 Å². The molecule has 0 fully saturated rings. The van der Waals surface area contributed by atoms with Crippen LogP contribution in [0.3, 0.4) is 0 Å². The molecular formula is C14H16N2O. The first-order chi connectivity index (χ1) is 8.11. The van der Waals surface area contributed by atoms with Gasteiger partial charge in [0.1, 0.15) is 5.75 Å². The van der Waals surface area contributed by atoms with Crippen LogP contribution in [0.2, 0.25) is 0 Å². The van der Waals surface area contributed by atoms with E-state index in [4.69, 9.17) is 5.73 Å². The lowest BCUT2D eigenvalue weighted by Gasteiger charge is -2.16. The van der Waals surface area contributed by atoms with E-state index in [1.807, 2.05) is 31.2 Å². The summed E-state index contributed by atoms with van der Waals surface area (Å²) in [6.07, 6.45) is 1.77. The monoisotopic (exact) mass is 228 g/mol. The number of rotatable bonds is 2. The smallest absolute Gasteiger partial charge is 0.120 e. The van der Waals surface area contributed by atoms with E-state index in [1.165, 1.54) is 0 Å². The van der Waals surface area contributed by atoms with E-state index in [2.05, 4.69) is 11.9 Å². The lowest BCUT2D eigenvalue weighted by atomic mass is 9.93. The number of benzene rings is 1. The van der Waals surface area contributed by atoms with Gasteiger partial charge in [-0.15, -0.1) is 0 Å². The molecule has 0 spiro atoms. The number of hydrogen-bond donors (Lipinski definition) is 2. The Hall–Kier alpha value is -2.03. The molecule has 2 aromatic rings. The van der Waals surface area contributed by atoms with Crippen LogP contribution in [0.5, 0.6) is 5.75 Å². The van der Waals surface area contributed by atoms with E-state index in [-0.39, 0.29) is 11.7 Å². The summed E-state index contributed by atoms with van der Waals surface area (Å²) < 4.78 is 0. The maximum atomic E-state index is 9.58. The van der Waals surface area contributed by atoms with Crippen molar-refractivity contribution in [2.45, 2.75) is 19.8 Å². The Kier molecular flexibility index (Phi) is 3.00. The fourth-order valence-corrected chi connectivity index (χ4v) is 1.91. The van der Waals surface area contributed by atoms with E-state index < -0.39 is 0 Å². The largest absolute Gasteiger partial charge is 0.508 e. The second-order valence-electron chi connectivity index (χ2n) is 4.19.